The fraction of sp³-hybridized carbons (Fsp3) is 0.0909. The molecule has 24 heavy (non-hydrogen) atoms. The summed E-state index contributed by atoms with van der Waals surface area (Å²) in [5.41, 5.74) is 4.41. The number of benzene rings is 3. The molecule has 0 spiro atoms. The number of aryl methyl sites for hydroxylation is 2. The molecule has 1 aliphatic rings. The molecule has 0 amide bonds. The molecule has 3 aromatic carbocycles. The van der Waals surface area contributed by atoms with Crippen LogP contribution in [-0.2, 0) is 12.8 Å². The molecule has 0 heterocycles. The molecule has 0 saturated heterocycles. The first kappa shape index (κ1) is 14.6. The van der Waals surface area contributed by atoms with Crippen molar-refractivity contribution in [3.63, 3.8) is 0 Å². The maximum atomic E-state index is 12.7. The van der Waals surface area contributed by atoms with Gasteiger partial charge in [-0.15, -0.1) is 0 Å². The molecule has 0 aromatic heterocycles. The second-order valence-corrected chi connectivity index (χ2v) is 6.07. The Balaban J connectivity index is 1.66. The van der Waals surface area contributed by atoms with Crippen molar-refractivity contribution in [2.24, 2.45) is 0 Å². The molecule has 4 rings (SSSR count). The van der Waals surface area contributed by atoms with Gasteiger partial charge in [-0.25, -0.2) is 0 Å². The normalized spacial score (nSPS) is 12.7. The first-order chi connectivity index (χ1) is 11.7. The Morgan fingerprint density at radius 3 is 1.75 bits per heavy atom. The molecule has 116 valence electrons. The molecule has 0 aliphatic heterocycles. The summed E-state index contributed by atoms with van der Waals surface area (Å²) in [4.78, 5) is 25.3. The van der Waals surface area contributed by atoms with Gasteiger partial charge in [-0.2, -0.15) is 0 Å². The fourth-order valence-corrected chi connectivity index (χ4v) is 3.24. The number of carbonyl (C=O) groups is 2. The van der Waals surface area contributed by atoms with E-state index in [1.807, 2.05) is 30.3 Å². The molecule has 0 unspecified atom stereocenters. The van der Waals surface area contributed by atoms with Gasteiger partial charge >= 0.3 is 0 Å². The summed E-state index contributed by atoms with van der Waals surface area (Å²) in [6.07, 6.45) is 1.76. The zero-order chi connectivity index (χ0) is 16.5. The van der Waals surface area contributed by atoms with E-state index >= 15 is 0 Å². The van der Waals surface area contributed by atoms with Gasteiger partial charge in [0.2, 0.25) is 0 Å². The van der Waals surface area contributed by atoms with Gasteiger partial charge < -0.3 is 0 Å². The Morgan fingerprint density at radius 1 is 0.500 bits per heavy atom. The summed E-state index contributed by atoms with van der Waals surface area (Å²) in [5, 5.41) is 0. The van der Waals surface area contributed by atoms with Gasteiger partial charge in [0, 0.05) is 22.3 Å². The molecule has 0 radical (unpaired) electrons. The smallest absolute Gasteiger partial charge is 0.194 e. The molecule has 0 fully saturated rings. The zero-order valence-corrected chi connectivity index (χ0v) is 13.2. The van der Waals surface area contributed by atoms with E-state index in [4.69, 9.17) is 0 Å². The van der Waals surface area contributed by atoms with Crippen molar-refractivity contribution in [3.05, 3.63) is 106 Å². The van der Waals surface area contributed by atoms with E-state index in [0.29, 0.717) is 22.3 Å². The van der Waals surface area contributed by atoms with Crippen LogP contribution in [0.5, 0.6) is 0 Å². The van der Waals surface area contributed by atoms with E-state index in [-0.39, 0.29) is 11.6 Å². The van der Waals surface area contributed by atoms with Crippen LogP contribution >= 0.6 is 0 Å². The highest BCUT2D eigenvalue weighted by molar-refractivity contribution is 6.28. The monoisotopic (exact) mass is 312 g/mol. The maximum absolute atomic E-state index is 12.7. The zero-order valence-electron chi connectivity index (χ0n) is 13.2. The van der Waals surface area contributed by atoms with Crippen LogP contribution in [0.15, 0.2) is 72.8 Å². The summed E-state index contributed by atoms with van der Waals surface area (Å²) in [6, 6.07) is 23.0. The number of ketones is 2. The fourth-order valence-electron chi connectivity index (χ4n) is 3.24. The lowest BCUT2D eigenvalue weighted by Gasteiger charge is -2.18. The highest BCUT2D eigenvalue weighted by atomic mass is 16.1. The second-order valence-electron chi connectivity index (χ2n) is 6.07. The molecule has 1 aliphatic carbocycles. The highest BCUT2D eigenvalue weighted by Crippen LogP contribution is 2.28. The van der Waals surface area contributed by atoms with Gasteiger partial charge in [-0.1, -0.05) is 66.7 Å². The van der Waals surface area contributed by atoms with Gasteiger partial charge in [0.25, 0.3) is 0 Å². The third kappa shape index (κ3) is 2.46. The number of carbonyl (C=O) groups excluding carboxylic acids is 2. The molecule has 3 aromatic rings. The SMILES string of the molecule is O=C1c2ccccc2C(=O)c2cc(CCc3ccccc3)ccc21. The predicted molar refractivity (Wildman–Crippen MR) is 93.6 cm³/mol. The lowest BCUT2D eigenvalue weighted by Crippen LogP contribution is -2.21. The van der Waals surface area contributed by atoms with Crippen LogP contribution in [0.25, 0.3) is 0 Å². The van der Waals surface area contributed by atoms with Crippen molar-refractivity contribution >= 4 is 11.6 Å². The summed E-state index contributed by atoms with van der Waals surface area (Å²) in [5.74, 6) is -0.114. The van der Waals surface area contributed by atoms with E-state index in [1.54, 1.807) is 30.3 Å². The lowest BCUT2D eigenvalue weighted by atomic mass is 9.83. The number of hydrogen-bond acceptors (Lipinski definition) is 2. The molecule has 0 saturated carbocycles. The van der Waals surface area contributed by atoms with E-state index in [0.717, 1.165) is 18.4 Å². The summed E-state index contributed by atoms with van der Waals surface area (Å²) < 4.78 is 0. The molecular weight excluding hydrogens is 296 g/mol. The minimum atomic E-state index is -0.0604. The molecule has 0 N–H and O–H groups in total. The average molecular weight is 312 g/mol. The number of fused-ring (bicyclic) bond motifs is 2. The van der Waals surface area contributed by atoms with Crippen LogP contribution in [0.3, 0.4) is 0 Å². The van der Waals surface area contributed by atoms with Crippen LogP contribution in [0.4, 0.5) is 0 Å². The van der Waals surface area contributed by atoms with Crippen molar-refractivity contribution < 1.29 is 9.59 Å². The first-order valence-electron chi connectivity index (χ1n) is 8.09. The van der Waals surface area contributed by atoms with Crippen molar-refractivity contribution in [1.82, 2.24) is 0 Å². The summed E-state index contributed by atoms with van der Waals surface area (Å²) in [6.45, 7) is 0. The number of rotatable bonds is 3. The Kier molecular flexibility index (Phi) is 3.58. The van der Waals surface area contributed by atoms with E-state index < -0.39 is 0 Å². The van der Waals surface area contributed by atoms with E-state index in [1.165, 1.54) is 5.56 Å². The Bertz CT molecular complexity index is 939. The molecule has 2 heteroatoms. The predicted octanol–water partition coefficient (Wildman–Crippen LogP) is 4.25. The van der Waals surface area contributed by atoms with E-state index in [2.05, 4.69) is 12.1 Å². The average Bonchev–Trinajstić information content (AvgIpc) is 2.65. The molecular formula is C22H16O2. The van der Waals surface area contributed by atoms with E-state index in [9.17, 15) is 9.59 Å². The Hall–Kier alpha value is -3.00. The highest BCUT2D eigenvalue weighted by Gasteiger charge is 2.29. The summed E-state index contributed by atoms with van der Waals surface area (Å²) in [7, 11) is 0. The third-order valence-electron chi connectivity index (χ3n) is 4.53. The Labute approximate surface area is 140 Å². The minimum Gasteiger partial charge on any atom is -0.289 e. The van der Waals surface area contributed by atoms with Crippen LogP contribution in [0.2, 0.25) is 0 Å². The number of hydrogen-bond donors (Lipinski definition) is 0. The molecule has 0 atom stereocenters. The second kappa shape index (κ2) is 5.89. The standard InChI is InChI=1S/C22H16O2/c23-21-17-8-4-5-9-18(17)22(24)20-14-16(12-13-19(20)21)11-10-15-6-2-1-3-7-15/h1-9,12-14H,10-11H2. The van der Waals surface area contributed by atoms with Crippen LogP contribution in [0.1, 0.15) is 43.0 Å². The maximum Gasteiger partial charge on any atom is 0.194 e. The lowest BCUT2D eigenvalue weighted by molar-refractivity contribution is 0.0979. The van der Waals surface area contributed by atoms with Gasteiger partial charge in [-0.3, -0.25) is 9.59 Å². The van der Waals surface area contributed by atoms with Crippen LogP contribution in [-0.4, -0.2) is 11.6 Å². The quantitative estimate of drug-likeness (QED) is 0.567. The topological polar surface area (TPSA) is 34.1 Å². The van der Waals surface area contributed by atoms with Crippen molar-refractivity contribution in [2.45, 2.75) is 12.8 Å². The first-order valence-corrected chi connectivity index (χ1v) is 8.09. The van der Waals surface area contributed by atoms with Crippen molar-refractivity contribution in [1.29, 1.82) is 0 Å². The Morgan fingerprint density at radius 2 is 1.04 bits per heavy atom. The molecule has 2 nitrogen and oxygen atoms in total. The minimum absolute atomic E-state index is 0.0539. The van der Waals surface area contributed by atoms with Gasteiger partial charge in [0.05, 0.1) is 0 Å². The largest absolute Gasteiger partial charge is 0.289 e. The van der Waals surface area contributed by atoms with Gasteiger partial charge in [0.1, 0.15) is 0 Å². The van der Waals surface area contributed by atoms with Crippen LogP contribution < -0.4 is 0 Å². The van der Waals surface area contributed by atoms with Gasteiger partial charge in [0.15, 0.2) is 11.6 Å². The van der Waals surface area contributed by atoms with Crippen LogP contribution in [0, 0.1) is 0 Å². The third-order valence-corrected chi connectivity index (χ3v) is 4.53. The van der Waals surface area contributed by atoms with Crippen molar-refractivity contribution in [2.75, 3.05) is 0 Å². The van der Waals surface area contributed by atoms with Crippen molar-refractivity contribution in [3.8, 4) is 0 Å². The van der Waals surface area contributed by atoms with Gasteiger partial charge in [-0.05, 0) is 30.0 Å². The summed E-state index contributed by atoms with van der Waals surface area (Å²) >= 11 is 0. The molecule has 0 bridgehead atoms.